The SMILES string of the molecule is O=c1[nH]c(=O)n([C@H]2O[C@@H](COP(=O)(O)OP(=O)(O)O[C@H]3O[C@@H](CO)[C@@H](O)[C@@H](O)[C@H]3O)[C@@H](O)[C@H]2O)cc1F. The summed E-state index contributed by atoms with van der Waals surface area (Å²) in [5, 5.41) is 58.5. The number of aromatic amines is 1. The van der Waals surface area contributed by atoms with Crippen molar-refractivity contribution in [3.63, 3.8) is 0 Å². The predicted molar refractivity (Wildman–Crippen MR) is 109 cm³/mol. The van der Waals surface area contributed by atoms with Gasteiger partial charge in [0.05, 0.1) is 19.4 Å². The first kappa shape index (κ1) is 30.1. The zero-order chi connectivity index (χ0) is 27.9. The summed E-state index contributed by atoms with van der Waals surface area (Å²) in [4.78, 5) is 44.1. The summed E-state index contributed by atoms with van der Waals surface area (Å²) in [6.45, 7) is -2.04. The lowest BCUT2D eigenvalue weighted by atomic mass is 10.00. The molecule has 212 valence electrons. The van der Waals surface area contributed by atoms with Crippen molar-refractivity contribution < 1.29 is 76.8 Å². The smallest absolute Gasteiger partial charge is 0.394 e. The number of aromatic nitrogens is 2. The fraction of sp³-hybridized carbons (Fsp3) is 0.733. The van der Waals surface area contributed by atoms with E-state index in [-0.39, 0.29) is 0 Å². The van der Waals surface area contributed by atoms with Crippen LogP contribution in [0.2, 0.25) is 0 Å². The zero-order valence-corrected chi connectivity index (χ0v) is 19.9. The number of phosphoric ester groups is 2. The molecule has 2 saturated heterocycles. The van der Waals surface area contributed by atoms with E-state index in [1.54, 1.807) is 4.98 Å². The number of ether oxygens (including phenoxy) is 2. The summed E-state index contributed by atoms with van der Waals surface area (Å²) in [7, 11) is -11.2. The topological polar surface area (TPSA) is 297 Å². The van der Waals surface area contributed by atoms with E-state index in [1.807, 2.05) is 0 Å². The largest absolute Gasteiger partial charge is 0.483 e. The molecule has 2 unspecified atom stereocenters. The number of rotatable bonds is 9. The van der Waals surface area contributed by atoms with E-state index in [0.717, 1.165) is 0 Å². The summed E-state index contributed by atoms with van der Waals surface area (Å²) < 4.78 is 61.0. The van der Waals surface area contributed by atoms with E-state index in [2.05, 4.69) is 13.4 Å². The second-order valence-electron chi connectivity index (χ2n) is 7.81. The molecule has 2 aliphatic heterocycles. The summed E-state index contributed by atoms with van der Waals surface area (Å²) in [5.41, 5.74) is -2.60. The maximum absolute atomic E-state index is 13.5. The summed E-state index contributed by atoms with van der Waals surface area (Å²) in [6, 6.07) is 0. The second-order valence-corrected chi connectivity index (χ2v) is 10.8. The van der Waals surface area contributed by atoms with Crippen LogP contribution in [0.25, 0.3) is 0 Å². The second kappa shape index (κ2) is 11.3. The molecule has 37 heavy (non-hydrogen) atoms. The van der Waals surface area contributed by atoms with Crippen molar-refractivity contribution >= 4 is 15.6 Å². The summed E-state index contributed by atoms with van der Waals surface area (Å²) in [5.74, 6) is -1.43. The monoisotopic (exact) mass is 584 g/mol. The minimum Gasteiger partial charge on any atom is -0.394 e. The Kier molecular flexibility index (Phi) is 9.23. The quantitative estimate of drug-likeness (QED) is 0.123. The molecule has 0 aliphatic carbocycles. The van der Waals surface area contributed by atoms with Crippen molar-refractivity contribution in [1.29, 1.82) is 0 Å². The van der Waals surface area contributed by atoms with Crippen LogP contribution in [-0.2, 0) is 32.0 Å². The number of aliphatic hydroxyl groups excluding tert-OH is 6. The third-order valence-electron chi connectivity index (χ3n) is 5.23. The number of aliphatic hydroxyl groups is 6. The van der Waals surface area contributed by atoms with E-state index < -0.39 is 101 Å². The Hall–Kier alpha value is -1.45. The molecule has 1 aromatic heterocycles. The van der Waals surface area contributed by atoms with Gasteiger partial charge in [-0.1, -0.05) is 0 Å². The van der Waals surface area contributed by atoms with Crippen molar-refractivity contribution in [2.45, 2.75) is 55.2 Å². The zero-order valence-electron chi connectivity index (χ0n) is 18.2. The molecule has 9 N–H and O–H groups in total. The van der Waals surface area contributed by atoms with Gasteiger partial charge in [-0.15, -0.1) is 0 Å². The van der Waals surface area contributed by atoms with Crippen LogP contribution in [0, 0.1) is 5.82 Å². The lowest BCUT2D eigenvalue weighted by molar-refractivity contribution is -0.280. The highest BCUT2D eigenvalue weighted by atomic mass is 31.3. The fourth-order valence-electron chi connectivity index (χ4n) is 3.37. The van der Waals surface area contributed by atoms with Crippen LogP contribution in [-0.4, -0.2) is 112 Å². The Labute approximate surface area is 204 Å². The molecule has 22 heteroatoms. The summed E-state index contributed by atoms with van der Waals surface area (Å²) >= 11 is 0. The average molecular weight is 584 g/mol. The van der Waals surface area contributed by atoms with Crippen molar-refractivity contribution in [1.82, 2.24) is 9.55 Å². The maximum atomic E-state index is 13.5. The van der Waals surface area contributed by atoms with Gasteiger partial charge in [0.15, 0.2) is 12.5 Å². The number of halogens is 1. The average Bonchev–Trinajstić information content (AvgIpc) is 3.08. The third-order valence-corrected chi connectivity index (χ3v) is 7.83. The number of nitrogens with one attached hydrogen (secondary N) is 1. The van der Waals surface area contributed by atoms with Crippen LogP contribution in [0.15, 0.2) is 15.8 Å². The van der Waals surface area contributed by atoms with Crippen LogP contribution >= 0.6 is 15.6 Å². The first-order valence-corrected chi connectivity index (χ1v) is 13.1. The maximum Gasteiger partial charge on any atom is 0.483 e. The molecule has 0 amide bonds. The molecule has 3 rings (SSSR count). The van der Waals surface area contributed by atoms with Gasteiger partial charge in [0, 0.05) is 0 Å². The molecular formula is C15H23FN2O17P2. The van der Waals surface area contributed by atoms with Gasteiger partial charge in [0.25, 0.3) is 5.56 Å². The van der Waals surface area contributed by atoms with Crippen molar-refractivity contribution in [2.24, 2.45) is 0 Å². The fourth-order valence-corrected chi connectivity index (χ4v) is 5.53. The number of H-pyrrole nitrogens is 1. The number of hydrogen-bond acceptors (Lipinski definition) is 15. The van der Waals surface area contributed by atoms with E-state index in [9.17, 15) is 58.4 Å². The van der Waals surface area contributed by atoms with E-state index >= 15 is 0 Å². The first-order chi connectivity index (χ1) is 17.1. The normalized spacial score (nSPS) is 37.7. The van der Waals surface area contributed by atoms with Gasteiger partial charge in [-0.2, -0.15) is 8.70 Å². The van der Waals surface area contributed by atoms with Crippen molar-refractivity contribution in [2.75, 3.05) is 13.2 Å². The van der Waals surface area contributed by atoms with Gasteiger partial charge in [-0.05, 0) is 0 Å². The van der Waals surface area contributed by atoms with Crippen LogP contribution in [0.4, 0.5) is 4.39 Å². The van der Waals surface area contributed by atoms with Gasteiger partial charge >= 0.3 is 21.3 Å². The van der Waals surface area contributed by atoms with Crippen molar-refractivity contribution in [3.05, 3.63) is 32.9 Å². The highest BCUT2D eigenvalue weighted by molar-refractivity contribution is 7.61. The Morgan fingerprint density at radius 3 is 2.19 bits per heavy atom. The molecule has 1 aromatic rings. The molecule has 0 spiro atoms. The molecule has 0 radical (unpaired) electrons. The Morgan fingerprint density at radius 2 is 1.57 bits per heavy atom. The molecule has 2 fully saturated rings. The van der Waals surface area contributed by atoms with E-state index in [4.69, 9.17) is 14.6 Å². The van der Waals surface area contributed by atoms with Gasteiger partial charge in [-0.3, -0.25) is 23.4 Å². The van der Waals surface area contributed by atoms with Crippen LogP contribution in [0.1, 0.15) is 6.23 Å². The number of phosphoric acid groups is 2. The lowest BCUT2D eigenvalue weighted by Gasteiger charge is -2.39. The Bertz CT molecular complexity index is 1180. The van der Waals surface area contributed by atoms with Crippen LogP contribution in [0.3, 0.4) is 0 Å². The van der Waals surface area contributed by atoms with E-state index in [1.165, 1.54) is 0 Å². The lowest BCUT2D eigenvalue weighted by Crippen LogP contribution is -2.58. The molecule has 2 aliphatic rings. The van der Waals surface area contributed by atoms with Gasteiger partial charge in [0.2, 0.25) is 5.82 Å². The van der Waals surface area contributed by atoms with Gasteiger partial charge in [-0.25, -0.2) is 13.9 Å². The highest BCUT2D eigenvalue weighted by Crippen LogP contribution is 2.61. The molecule has 3 heterocycles. The minimum absolute atomic E-state index is 0.378. The third kappa shape index (κ3) is 6.77. The standard InChI is InChI=1S/C15H23FN2O17P2/c16-4-1-18(15(26)17-12(4)25)13-10(23)8(21)6(32-13)3-31-36(27,28)35-37(29,30)34-14-11(24)9(22)7(20)5(2-19)33-14/h1,5-11,13-14,19-24H,2-3H2,(H,27,28)(H,29,30)(H,17,25,26)/t5-,6-,7+,8+,9+,10+,11+,13-,14+/m0/s1. The van der Waals surface area contributed by atoms with E-state index in [0.29, 0.717) is 10.8 Å². The molecular weight excluding hydrogens is 561 g/mol. The predicted octanol–water partition coefficient (Wildman–Crippen LogP) is -4.65. The molecule has 0 bridgehead atoms. The van der Waals surface area contributed by atoms with Crippen molar-refractivity contribution in [3.8, 4) is 0 Å². The highest BCUT2D eigenvalue weighted by Gasteiger charge is 2.49. The minimum atomic E-state index is -5.64. The Balaban J connectivity index is 1.63. The van der Waals surface area contributed by atoms with Gasteiger partial charge < -0.3 is 49.9 Å². The molecule has 19 nitrogen and oxygen atoms in total. The van der Waals surface area contributed by atoms with Crippen LogP contribution in [0.5, 0.6) is 0 Å². The molecule has 0 aromatic carbocycles. The summed E-state index contributed by atoms with van der Waals surface area (Å²) in [6.07, 6.45) is -16.8. The van der Waals surface area contributed by atoms with Gasteiger partial charge in [0.1, 0.15) is 42.7 Å². The number of nitrogens with zero attached hydrogens (tertiary/aromatic N) is 1. The Morgan fingerprint density at radius 1 is 0.946 bits per heavy atom. The first-order valence-electron chi connectivity index (χ1n) is 10.1. The number of hydrogen-bond donors (Lipinski definition) is 9. The molecule has 0 saturated carbocycles. The van der Waals surface area contributed by atoms with Crippen LogP contribution < -0.4 is 11.2 Å². The molecule has 11 atom stereocenters.